The van der Waals surface area contributed by atoms with Crippen molar-refractivity contribution in [2.75, 3.05) is 6.16 Å². The van der Waals surface area contributed by atoms with Gasteiger partial charge in [0.05, 0.1) is 0 Å². The smallest absolute Gasteiger partial charge is 0.0253 e. The van der Waals surface area contributed by atoms with Crippen LogP contribution in [0.25, 0.3) is 0 Å². The van der Waals surface area contributed by atoms with E-state index >= 15 is 0 Å². The Morgan fingerprint density at radius 2 is 2.30 bits per heavy atom. The SMILES string of the molecule is CCP1(O)=CC(C)=CC=C1. The second kappa shape index (κ2) is 2.77. The zero-order valence-corrected chi connectivity index (χ0v) is 7.31. The minimum Gasteiger partial charge on any atom is -0.372 e. The van der Waals surface area contributed by atoms with Crippen molar-refractivity contribution in [2.45, 2.75) is 13.8 Å². The van der Waals surface area contributed by atoms with Crippen LogP contribution in [0.4, 0.5) is 0 Å². The van der Waals surface area contributed by atoms with Crippen LogP contribution in [0.2, 0.25) is 0 Å². The molecule has 0 radical (unpaired) electrons. The predicted octanol–water partition coefficient (Wildman–Crippen LogP) is 2.21. The highest BCUT2D eigenvalue weighted by Crippen LogP contribution is 2.45. The molecule has 0 saturated carbocycles. The molecule has 1 unspecified atom stereocenters. The van der Waals surface area contributed by atoms with Gasteiger partial charge in [0.15, 0.2) is 0 Å². The molecule has 0 fully saturated rings. The van der Waals surface area contributed by atoms with Crippen LogP contribution in [0.1, 0.15) is 13.8 Å². The highest BCUT2D eigenvalue weighted by Gasteiger charge is 2.07. The number of rotatable bonds is 1. The van der Waals surface area contributed by atoms with Gasteiger partial charge in [-0.2, -0.15) is 0 Å². The number of hydrogen-bond acceptors (Lipinski definition) is 1. The molecule has 0 bridgehead atoms. The van der Waals surface area contributed by atoms with Gasteiger partial charge in [-0.1, -0.05) is 19.1 Å². The molecule has 2 heteroatoms. The van der Waals surface area contributed by atoms with Crippen molar-refractivity contribution in [2.24, 2.45) is 0 Å². The van der Waals surface area contributed by atoms with Crippen molar-refractivity contribution in [3.8, 4) is 0 Å². The van der Waals surface area contributed by atoms with Gasteiger partial charge in [-0.25, -0.2) is 0 Å². The Balaban J connectivity index is 3.01. The molecule has 0 aromatic carbocycles. The third kappa shape index (κ3) is 1.62. The summed E-state index contributed by atoms with van der Waals surface area (Å²) >= 11 is 0. The van der Waals surface area contributed by atoms with E-state index in [2.05, 4.69) is 0 Å². The Bertz CT molecular complexity index is 236. The maximum absolute atomic E-state index is 9.78. The van der Waals surface area contributed by atoms with Crippen molar-refractivity contribution in [3.63, 3.8) is 0 Å². The van der Waals surface area contributed by atoms with Gasteiger partial charge < -0.3 is 4.89 Å². The Kier molecular flexibility index (Phi) is 2.18. The zero-order chi connectivity index (χ0) is 7.61. The minimum atomic E-state index is -1.77. The largest absolute Gasteiger partial charge is 0.372 e. The van der Waals surface area contributed by atoms with Gasteiger partial charge in [0.1, 0.15) is 0 Å². The van der Waals surface area contributed by atoms with Gasteiger partial charge in [-0.15, -0.1) is 0 Å². The van der Waals surface area contributed by atoms with Gasteiger partial charge in [-0.05, 0) is 30.3 Å². The Morgan fingerprint density at radius 1 is 1.60 bits per heavy atom. The van der Waals surface area contributed by atoms with Gasteiger partial charge in [0.25, 0.3) is 0 Å². The molecule has 0 aromatic heterocycles. The van der Waals surface area contributed by atoms with Crippen LogP contribution >= 0.6 is 7.11 Å². The van der Waals surface area contributed by atoms with Crippen molar-refractivity contribution < 1.29 is 4.89 Å². The third-order valence-corrected chi connectivity index (χ3v) is 4.19. The van der Waals surface area contributed by atoms with Crippen molar-refractivity contribution in [1.82, 2.24) is 0 Å². The first-order chi connectivity index (χ1) is 4.66. The quantitative estimate of drug-likeness (QED) is 0.577. The van der Waals surface area contributed by atoms with Crippen molar-refractivity contribution in [1.29, 1.82) is 0 Å². The normalized spacial score (nSPS) is 31.3. The third-order valence-electron chi connectivity index (χ3n) is 1.64. The van der Waals surface area contributed by atoms with E-state index in [0.29, 0.717) is 0 Å². The molecule has 1 N–H and O–H groups in total. The summed E-state index contributed by atoms with van der Waals surface area (Å²) in [5.41, 5.74) is 1.18. The first kappa shape index (κ1) is 7.84. The number of hydrogen-bond donors (Lipinski definition) is 1. The van der Waals surface area contributed by atoms with Crippen LogP contribution in [0, 0.1) is 0 Å². The summed E-state index contributed by atoms with van der Waals surface area (Å²) in [5.74, 6) is 3.92. The summed E-state index contributed by atoms with van der Waals surface area (Å²) in [6.07, 6.45) is 4.82. The average Bonchev–Trinajstić information content (AvgIpc) is 1.88. The van der Waals surface area contributed by atoms with E-state index in [9.17, 15) is 4.89 Å². The molecule has 0 amide bonds. The van der Waals surface area contributed by atoms with E-state index < -0.39 is 7.11 Å². The van der Waals surface area contributed by atoms with Crippen LogP contribution in [0.3, 0.4) is 0 Å². The van der Waals surface area contributed by atoms with Crippen LogP contribution in [0.5, 0.6) is 0 Å². The van der Waals surface area contributed by atoms with E-state index in [1.54, 1.807) is 0 Å². The average molecular weight is 156 g/mol. The highest BCUT2D eigenvalue weighted by atomic mass is 31.2. The molecule has 1 nitrogen and oxygen atoms in total. The fourth-order valence-electron chi connectivity index (χ4n) is 0.979. The van der Waals surface area contributed by atoms with E-state index in [-0.39, 0.29) is 0 Å². The highest BCUT2D eigenvalue weighted by molar-refractivity contribution is 7.72. The molecule has 1 heterocycles. The molecule has 0 aliphatic carbocycles. The molecule has 10 heavy (non-hydrogen) atoms. The van der Waals surface area contributed by atoms with E-state index in [0.717, 1.165) is 6.16 Å². The number of allylic oxidation sites excluding steroid dienone is 3. The molecule has 0 aromatic rings. The zero-order valence-electron chi connectivity index (χ0n) is 6.41. The van der Waals surface area contributed by atoms with Crippen LogP contribution < -0.4 is 0 Å². The lowest BCUT2D eigenvalue weighted by atomic mass is 10.3. The maximum Gasteiger partial charge on any atom is 0.0253 e. The fraction of sp³-hybridized carbons (Fsp3) is 0.375. The van der Waals surface area contributed by atoms with Crippen molar-refractivity contribution >= 4 is 12.9 Å². The maximum atomic E-state index is 9.78. The van der Waals surface area contributed by atoms with E-state index in [1.165, 1.54) is 5.57 Å². The Labute approximate surface area is 62.1 Å². The molecule has 1 atom stereocenters. The summed E-state index contributed by atoms with van der Waals surface area (Å²) in [5, 5.41) is 0. The molecule has 1 rings (SSSR count). The molecular formula is C8H13OP. The standard InChI is InChI=1S/C8H13OP/c1-3-10(9)6-4-5-8(2)7-10/h4-7,9H,3H2,1-2H3. The summed E-state index contributed by atoms with van der Waals surface area (Å²) in [6, 6.07) is 0. The van der Waals surface area contributed by atoms with Gasteiger partial charge in [0.2, 0.25) is 0 Å². The summed E-state index contributed by atoms with van der Waals surface area (Å²) in [4.78, 5) is 9.78. The van der Waals surface area contributed by atoms with Gasteiger partial charge in [-0.3, -0.25) is 0 Å². The first-order valence-corrected chi connectivity index (χ1v) is 5.55. The molecule has 1 aliphatic heterocycles. The minimum absolute atomic E-state index is 0.856. The van der Waals surface area contributed by atoms with E-state index in [1.807, 2.05) is 37.6 Å². The molecule has 0 spiro atoms. The topological polar surface area (TPSA) is 20.2 Å². The molecular weight excluding hydrogens is 143 g/mol. The van der Waals surface area contributed by atoms with E-state index in [4.69, 9.17) is 0 Å². The summed E-state index contributed by atoms with van der Waals surface area (Å²) in [6.45, 7) is 4.04. The second-order valence-electron chi connectivity index (χ2n) is 2.58. The lowest BCUT2D eigenvalue weighted by Crippen LogP contribution is -1.90. The fourth-order valence-corrected chi connectivity index (χ4v) is 2.63. The van der Waals surface area contributed by atoms with Crippen molar-refractivity contribution in [3.05, 3.63) is 23.5 Å². The lowest BCUT2D eigenvalue weighted by molar-refractivity contribution is 0.630. The van der Waals surface area contributed by atoms with Crippen LogP contribution in [-0.2, 0) is 0 Å². The summed E-state index contributed by atoms with van der Waals surface area (Å²) in [7, 11) is -1.77. The molecule has 1 aliphatic rings. The second-order valence-corrected chi connectivity index (χ2v) is 5.55. The lowest BCUT2D eigenvalue weighted by Gasteiger charge is -2.14. The molecule has 56 valence electrons. The first-order valence-electron chi connectivity index (χ1n) is 3.48. The van der Waals surface area contributed by atoms with Gasteiger partial charge >= 0.3 is 0 Å². The Hall–Kier alpha value is -0.260. The van der Waals surface area contributed by atoms with Crippen LogP contribution in [0.15, 0.2) is 23.5 Å². The summed E-state index contributed by atoms with van der Waals surface area (Å²) < 4.78 is 0. The van der Waals surface area contributed by atoms with Gasteiger partial charge in [0, 0.05) is 7.11 Å². The Morgan fingerprint density at radius 3 is 2.70 bits per heavy atom. The predicted molar refractivity (Wildman–Crippen MR) is 48.6 cm³/mol. The molecule has 0 saturated heterocycles. The van der Waals surface area contributed by atoms with Crippen LogP contribution in [-0.4, -0.2) is 16.9 Å². The monoisotopic (exact) mass is 156 g/mol.